The first kappa shape index (κ1) is 19.6. The van der Waals surface area contributed by atoms with E-state index in [1.165, 1.54) is 12.1 Å². The van der Waals surface area contributed by atoms with Gasteiger partial charge < -0.3 is 5.32 Å². The Kier molecular flexibility index (Phi) is 5.14. The molecule has 5 nitrogen and oxygen atoms in total. The lowest BCUT2D eigenvalue weighted by Gasteiger charge is -2.15. The molecule has 1 aromatic carbocycles. The zero-order valence-corrected chi connectivity index (χ0v) is 15.9. The molecule has 3 heterocycles. The number of alkyl halides is 3. The number of pyridine rings is 1. The Balaban J connectivity index is 1.61. The van der Waals surface area contributed by atoms with Gasteiger partial charge in [-0.25, -0.2) is 9.67 Å². The minimum atomic E-state index is -4.63. The van der Waals surface area contributed by atoms with E-state index in [1.807, 2.05) is 0 Å². The maximum atomic E-state index is 13.0. The fraction of sp³-hybridized carbons (Fsp3) is 0.250. The summed E-state index contributed by atoms with van der Waals surface area (Å²) in [6.45, 7) is 1.55. The monoisotopic (exact) mass is 420 g/mol. The summed E-state index contributed by atoms with van der Waals surface area (Å²) in [5.41, 5.74) is 1.38. The predicted octanol–water partition coefficient (Wildman–Crippen LogP) is 4.01. The lowest BCUT2D eigenvalue weighted by Crippen LogP contribution is -2.25. The number of nitrogens with zero attached hydrogens (tertiary/aromatic N) is 3. The molecule has 0 saturated carbocycles. The first-order chi connectivity index (χ1) is 13.8. The van der Waals surface area contributed by atoms with Gasteiger partial charge in [0.2, 0.25) is 0 Å². The Morgan fingerprint density at radius 2 is 2.00 bits per heavy atom. The standard InChI is InChI=1S/C20H16ClF3N4O/c21-19-14(4-2-5-15(19)20(22,23)24)17(29)9-13-3-1-6-18(27-13)28-16-11-25-8-7-12(16)10-26-28/h1-6,10,25H,7-9,11H2. The first-order valence-electron chi connectivity index (χ1n) is 8.96. The number of nitrogens with one attached hydrogen (secondary N) is 1. The molecule has 1 N–H and O–H groups in total. The van der Waals surface area contributed by atoms with Gasteiger partial charge in [-0.15, -0.1) is 0 Å². The molecule has 29 heavy (non-hydrogen) atoms. The number of hydrogen-bond acceptors (Lipinski definition) is 4. The highest BCUT2D eigenvalue weighted by Gasteiger charge is 2.34. The van der Waals surface area contributed by atoms with E-state index < -0.39 is 22.5 Å². The first-order valence-corrected chi connectivity index (χ1v) is 9.34. The number of carbonyl (C=O) groups is 1. The van der Waals surface area contributed by atoms with Crippen molar-refractivity contribution in [3.63, 3.8) is 0 Å². The van der Waals surface area contributed by atoms with Crippen LogP contribution in [0.1, 0.15) is 32.9 Å². The highest BCUT2D eigenvalue weighted by atomic mass is 35.5. The van der Waals surface area contributed by atoms with E-state index >= 15 is 0 Å². The number of hydrogen-bond donors (Lipinski definition) is 1. The van der Waals surface area contributed by atoms with Crippen LogP contribution in [-0.4, -0.2) is 27.1 Å². The molecule has 1 aliphatic heterocycles. The van der Waals surface area contributed by atoms with Gasteiger partial charge in [-0.2, -0.15) is 18.3 Å². The second-order valence-electron chi connectivity index (χ2n) is 6.71. The van der Waals surface area contributed by atoms with Crippen molar-refractivity contribution < 1.29 is 18.0 Å². The molecule has 0 amide bonds. The Morgan fingerprint density at radius 3 is 2.79 bits per heavy atom. The maximum Gasteiger partial charge on any atom is 0.417 e. The predicted molar refractivity (Wildman–Crippen MR) is 101 cm³/mol. The van der Waals surface area contributed by atoms with Crippen LogP contribution in [-0.2, 0) is 25.6 Å². The molecule has 2 aromatic heterocycles. The van der Waals surface area contributed by atoms with Gasteiger partial charge in [0, 0.05) is 12.1 Å². The largest absolute Gasteiger partial charge is 0.417 e. The van der Waals surface area contributed by atoms with Gasteiger partial charge in [-0.05, 0) is 42.8 Å². The number of ketones is 1. The van der Waals surface area contributed by atoms with Crippen LogP contribution in [0.25, 0.3) is 5.82 Å². The number of halogens is 4. The quantitative estimate of drug-likeness (QED) is 0.648. The zero-order valence-electron chi connectivity index (χ0n) is 15.1. The van der Waals surface area contributed by atoms with Gasteiger partial charge in [-0.3, -0.25) is 4.79 Å². The number of rotatable bonds is 4. The van der Waals surface area contributed by atoms with Crippen LogP contribution in [0.5, 0.6) is 0 Å². The van der Waals surface area contributed by atoms with Crippen LogP contribution < -0.4 is 5.32 Å². The van der Waals surface area contributed by atoms with Crippen LogP contribution in [0, 0.1) is 0 Å². The third-order valence-corrected chi connectivity index (χ3v) is 5.18. The molecule has 0 atom stereocenters. The summed E-state index contributed by atoms with van der Waals surface area (Å²) in [4.78, 5) is 17.1. The van der Waals surface area contributed by atoms with Crippen LogP contribution in [0.3, 0.4) is 0 Å². The molecule has 0 bridgehead atoms. The highest BCUT2D eigenvalue weighted by molar-refractivity contribution is 6.34. The minimum absolute atomic E-state index is 0.170. The van der Waals surface area contributed by atoms with Crippen molar-refractivity contribution >= 4 is 17.4 Å². The Bertz CT molecular complexity index is 1080. The number of carbonyl (C=O) groups excluding carboxylic acids is 1. The highest BCUT2D eigenvalue weighted by Crippen LogP contribution is 2.36. The topological polar surface area (TPSA) is 59.8 Å². The lowest BCUT2D eigenvalue weighted by molar-refractivity contribution is -0.137. The smallest absolute Gasteiger partial charge is 0.311 e. The average Bonchev–Trinajstić information content (AvgIpc) is 3.11. The van der Waals surface area contributed by atoms with E-state index in [0.717, 1.165) is 30.3 Å². The molecule has 0 saturated heterocycles. The average molecular weight is 421 g/mol. The molecule has 4 rings (SSSR count). The number of benzene rings is 1. The molecule has 150 valence electrons. The van der Waals surface area contributed by atoms with Crippen LogP contribution >= 0.6 is 11.6 Å². The van der Waals surface area contributed by atoms with Crippen molar-refractivity contribution in [1.29, 1.82) is 0 Å². The Hall–Kier alpha value is -2.71. The van der Waals surface area contributed by atoms with Gasteiger partial charge in [-0.1, -0.05) is 23.7 Å². The Labute approximate surface area is 169 Å². The van der Waals surface area contributed by atoms with Gasteiger partial charge >= 0.3 is 6.18 Å². The number of Topliss-reactive ketones (excluding diaryl/α,β-unsaturated/α-hetero) is 1. The Morgan fingerprint density at radius 1 is 1.21 bits per heavy atom. The summed E-state index contributed by atoms with van der Waals surface area (Å²) in [5.74, 6) is 0.0188. The molecular formula is C20H16ClF3N4O. The van der Waals surface area contributed by atoms with E-state index in [1.54, 1.807) is 29.1 Å². The molecular weight excluding hydrogens is 405 g/mol. The maximum absolute atomic E-state index is 13.0. The van der Waals surface area contributed by atoms with E-state index in [9.17, 15) is 18.0 Å². The molecule has 0 unspecified atom stereocenters. The molecule has 0 radical (unpaired) electrons. The van der Waals surface area contributed by atoms with Crippen LogP contribution in [0.2, 0.25) is 5.02 Å². The summed E-state index contributed by atoms with van der Waals surface area (Å²) in [5, 5.41) is 7.07. The molecule has 9 heteroatoms. The summed E-state index contributed by atoms with van der Waals surface area (Å²) in [6, 6.07) is 8.48. The number of aromatic nitrogens is 3. The van der Waals surface area contributed by atoms with Gasteiger partial charge in [0.15, 0.2) is 11.6 Å². The fourth-order valence-corrected chi connectivity index (χ4v) is 3.68. The fourth-order valence-electron chi connectivity index (χ4n) is 3.34. The van der Waals surface area contributed by atoms with Gasteiger partial charge in [0.1, 0.15) is 0 Å². The SMILES string of the molecule is O=C(Cc1cccc(-n2ncc3c2CNCC3)n1)c1cccc(C(F)(F)F)c1Cl. The van der Waals surface area contributed by atoms with Crippen molar-refractivity contribution in [2.45, 2.75) is 25.6 Å². The summed E-state index contributed by atoms with van der Waals surface area (Å²) < 4.78 is 40.8. The van der Waals surface area contributed by atoms with Gasteiger partial charge in [0.25, 0.3) is 0 Å². The van der Waals surface area contributed by atoms with Crippen molar-refractivity contribution in [2.75, 3.05) is 6.54 Å². The van der Waals surface area contributed by atoms with Gasteiger partial charge in [0.05, 0.1) is 34.6 Å². The van der Waals surface area contributed by atoms with Crippen molar-refractivity contribution in [1.82, 2.24) is 20.1 Å². The number of fused-ring (bicyclic) bond motifs is 1. The van der Waals surface area contributed by atoms with Crippen molar-refractivity contribution in [2.24, 2.45) is 0 Å². The summed E-state index contributed by atoms with van der Waals surface area (Å²) >= 11 is 5.86. The van der Waals surface area contributed by atoms with Crippen LogP contribution in [0.4, 0.5) is 13.2 Å². The van der Waals surface area contributed by atoms with E-state index in [0.29, 0.717) is 18.1 Å². The van der Waals surface area contributed by atoms with E-state index in [-0.39, 0.29) is 12.0 Å². The summed E-state index contributed by atoms with van der Waals surface area (Å²) in [7, 11) is 0. The molecule has 3 aromatic rings. The summed E-state index contributed by atoms with van der Waals surface area (Å²) in [6.07, 6.45) is -2.12. The minimum Gasteiger partial charge on any atom is -0.311 e. The zero-order chi connectivity index (χ0) is 20.6. The second kappa shape index (κ2) is 7.61. The molecule has 0 fully saturated rings. The lowest BCUT2D eigenvalue weighted by atomic mass is 10.0. The second-order valence-corrected chi connectivity index (χ2v) is 7.08. The molecule has 0 spiro atoms. The molecule has 1 aliphatic rings. The third-order valence-electron chi connectivity index (χ3n) is 4.77. The van der Waals surface area contributed by atoms with E-state index in [4.69, 9.17) is 11.6 Å². The van der Waals surface area contributed by atoms with Crippen molar-refractivity contribution in [3.05, 3.63) is 75.7 Å². The van der Waals surface area contributed by atoms with E-state index in [2.05, 4.69) is 15.4 Å². The molecule has 0 aliphatic carbocycles. The normalized spacial score (nSPS) is 13.9. The van der Waals surface area contributed by atoms with Crippen LogP contribution in [0.15, 0.2) is 42.6 Å². The van der Waals surface area contributed by atoms with Crippen molar-refractivity contribution in [3.8, 4) is 5.82 Å². The third kappa shape index (κ3) is 3.90.